The second-order valence-electron chi connectivity index (χ2n) is 2.18. The molecule has 5 heteroatoms. The van der Waals surface area contributed by atoms with Gasteiger partial charge in [0.25, 0.3) is 0 Å². The summed E-state index contributed by atoms with van der Waals surface area (Å²) >= 11 is 3.14. The van der Waals surface area contributed by atoms with Crippen molar-refractivity contribution in [3.63, 3.8) is 0 Å². The Morgan fingerprint density at radius 1 is 1.73 bits per heavy atom. The zero-order chi connectivity index (χ0) is 8.59. The number of aromatic nitrogens is 2. The molecule has 1 aromatic heterocycles. The number of nitrogens with zero attached hydrogens (tertiary/aromatic N) is 2. The summed E-state index contributed by atoms with van der Waals surface area (Å²) in [6, 6.07) is 0. The van der Waals surface area contributed by atoms with Gasteiger partial charge in [-0.3, -0.25) is 0 Å². The molecule has 1 N–H and O–H groups in total. The van der Waals surface area contributed by atoms with Crippen LogP contribution in [0.25, 0.3) is 0 Å². The lowest BCUT2D eigenvalue weighted by Crippen LogP contribution is -2.06. The first kappa shape index (κ1) is 8.26. The maximum absolute atomic E-state index is 10.5. The lowest BCUT2D eigenvalue weighted by Gasteiger charge is -1.95. The third-order valence-corrected chi connectivity index (χ3v) is 2.27. The Hall–Kier alpha value is -0.840. The van der Waals surface area contributed by atoms with E-state index in [2.05, 4.69) is 20.9 Å². The molecule has 0 aromatic carbocycles. The minimum atomic E-state index is -1.01. The predicted octanol–water partition coefficient (Wildman–Crippen LogP) is 1.19. The van der Waals surface area contributed by atoms with Crippen LogP contribution in [-0.2, 0) is 7.05 Å². The lowest BCUT2D eigenvalue weighted by molar-refractivity contribution is 0.0679. The topological polar surface area (TPSA) is 55.1 Å². The van der Waals surface area contributed by atoms with Crippen LogP contribution in [0.5, 0.6) is 0 Å². The van der Waals surface area contributed by atoms with Gasteiger partial charge in [0.1, 0.15) is 4.60 Å². The van der Waals surface area contributed by atoms with Crippen molar-refractivity contribution in [3.05, 3.63) is 16.1 Å². The van der Waals surface area contributed by atoms with Crippen LogP contribution in [0.15, 0.2) is 4.60 Å². The highest BCUT2D eigenvalue weighted by Gasteiger charge is 2.14. The van der Waals surface area contributed by atoms with E-state index >= 15 is 0 Å². The maximum Gasteiger partial charge on any atom is 0.372 e. The number of hydrogen-bond donors (Lipinski definition) is 1. The minimum absolute atomic E-state index is 0.0503. The fourth-order valence-electron chi connectivity index (χ4n) is 0.737. The molecule has 0 atom stereocenters. The predicted molar refractivity (Wildman–Crippen MR) is 42.6 cm³/mol. The SMILES string of the molecule is Cc1c(Br)nc(C(=O)O)n1C. The lowest BCUT2D eigenvalue weighted by atomic mass is 10.5. The van der Waals surface area contributed by atoms with Crippen LogP contribution in [-0.4, -0.2) is 20.6 Å². The van der Waals surface area contributed by atoms with Crippen LogP contribution in [0, 0.1) is 6.92 Å². The van der Waals surface area contributed by atoms with Crippen molar-refractivity contribution < 1.29 is 9.90 Å². The van der Waals surface area contributed by atoms with Gasteiger partial charge >= 0.3 is 5.97 Å². The summed E-state index contributed by atoms with van der Waals surface area (Å²) in [4.78, 5) is 14.3. The molecule has 1 rings (SSSR count). The summed E-state index contributed by atoms with van der Waals surface area (Å²) in [5.74, 6) is -0.962. The van der Waals surface area contributed by atoms with Gasteiger partial charge in [0.05, 0.1) is 0 Å². The van der Waals surface area contributed by atoms with Crippen LogP contribution in [0.3, 0.4) is 0 Å². The Labute approximate surface area is 72.0 Å². The normalized spacial score (nSPS) is 10.1. The number of imidazole rings is 1. The molecule has 60 valence electrons. The van der Waals surface area contributed by atoms with Crippen molar-refractivity contribution in [3.8, 4) is 0 Å². The summed E-state index contributed by atoms with van der Waals surface area (Å²) in [7, 11) is 1.66. The fraction of sp³-hybridized carbons (Fsp3) is 0.333. The van der Waals surface area contributed by atoms with Gasteiger partial charge in [0.15, 0.2) is 0 Å². The van der Waals surface area contributed by atoms with Crippen molar-refractivity contribution in [1.29, 1.82) is 0 Å². The molecule has 0 spiro atoms. The third-order valence-electron chi connectivity index (χ3n) is 1.51. The largest absolute Gasteiger partial charge is 0.475 e. The molecule has 1 heterocycles. The number of carbonyl (C=O) groups is 1. The highest BCUT2D eigenvalue weighted by atomic mass is 79.9. The molecule has 0 aliphatic rings. The second-order valence-corrected chi connectivity index (χ2v) is 2.93. The quantitative estimate of drug-likeness (QED) is 0.771. The van der Waals surface area contributed by atoms with Gasteiger partial charge in [-0.2, -0.15) is 0 Å². The maximum atomic E-state index is 10.5. The zero-order valence-corrected chi connectivity index (χ0v) is 7.71. The molecular formula is C6H7BrN2O2. The fourth-order valence-corrected chi connectivity index (χ4v) is 1.17. The van der Waals surface area contributed by atoms with E-state index in [0.717, 1.165) is 5.69 Å². The molecule has 1 aromatic rings. The van der Waals surface area contributed by atoms with Gasteiger partial charge in [0.2, 0.25) is 5.82 Å². The van der Waals surface area contributed by atoms with E-state index in [-0.39, 0.29) is 5.82 Å². The van der Waals surface area contributed by atoms with Crippen LogP contribution < -0.4 is 0 Å². The van der Waals surface area contributed by atoms with E-state index in [9.17, 15) is 4.79 Å². The van der Waals surface area contributed by atoms with Crippen molar-refractivity contribution in [2.24, 2.45) is 7.05 Å². The standard InChI is InChI=1S/C6H7BrN2O2/c1-3-4(7)8-5(6(10)11)9(3)2/h1-2H3,(H,10,11). The first-order valence-electron chi connectivity index (χ1n) is 2.96. The zero-order valence-electron chi connectivity index (χ0n) is 6.13. The van der Waals surface area contributed by atoms with Crippen LogP contribution in [0.4, 0.5) is 0 Å². The molecule has 0 fully saturated rings. The van der Waals surface area contributed by atoms with E-state index in [4.69, 9.17) is 5.11 Å². The Bertz CT molecular complexity index is 306. The van der Waals surface area contributed by atoms with Crippen LogP contribution in [0.1, 0.15) is 16.3 Å². The molecule has 0 saturated carbocycles. The Morgan fingerprint density at radius 2 is 2.27 bits per heavy atom. The summed E-state index contributed by atoms with van der Waals surface area (Å²) in [5.41, 5.74) is 0.808. The second kappa shape index (κ2) is 2.65. The average molecular weight is 219 g/mol. The molecule has 0 aliphatic heterocycles. The molecule has 11 heavy (non-hydrogen) atoms. The van der Waals surface area contributed by atoms with Crippen molar-refractivity contribution >= 4 is 21.9 Å². The first-order valence-corrected chi connectivity index (χ1v) is 3.75. The Kier molecular flexibility index (Phi) is 1.99. The van der Waals surface area contributed by atoms with E-state index in [1.54, 1.807) is 14.0 Å². The highest BCUT2D eigenvalue weighted by Crippen LogP contribution is 2.14. The van der Waals surface area contributed by atoms with Gasteiger partial charge in [-0.25, -0.2) is 9.78 Å². The van der Waals surface area contributed by atoms with Gasteiger partial charge < -0.3 is 9.67 Å². The number of halogens is 1. The van der Waals surface area contributed by atoms with Gasteiger partial charge in [-0.1, -0.05) is 0 Å². The highest BCUT2D eigenvalue weighted by molar-refractivity contribution is 9.10. The summed E-state index contributed by atoms with van der Waals surface area (Å²) < 4.78 is 2.10. The van der Waals surface area contributed by atoms with E-state index in [1.165, 1.54) is 4.57 Å². The average Bonchev–Trinajstić information content (AvgIpc) is 2.17. The van der Waals surface area contributed by atoms with Crippen molar-refractivity contribution in [2.45, 2.75) is 6.92 Å². The van der Waals surface area contributed by atoms with Gasteiger partial charge in [0, 0.05) is 12.7 Å². The van der Waals surface area contributed by atoms with Gasteiger partial charge in [-0.05, 0) is 22.9 Å². The number of rotatable bonds is 1. The van der Waals surface area contributed by atoms with E-state index in [0.29, 0.717) is 4.60 Å². The van der Waals surface area contributed by atoms with Crippen molar-refractivity contribution in [1.82, 2.24) is 9.55 Å². The third kappa shape index (κ3) is 1.28. The number of carboxylic acid groups (broad SMARTS) is 1. The van der Waals surface area contributed by atoms with E-state index < -0.39 is 5.97 Å². The van der Waals surface area contributed by atoms with E-state index in [1.807, 2.05) is 0 Å². The molecule has 0 amide bonds. The summed E-state index contributed by atoms with van der Waals surface area (Å²) in [6.45, 7) is 1.80. The first-order chi connectivity index (χ1) is 5.04. The van der Waals surface area contributed by atoms with Crippen LogP contribution >= 0.6 is 15.9 Å². The van der Waals surface area contributed by atoms with Crippen LogP contribution in [0.2, 0.25) is 0 Å². The molecule has 0 aliphatic carbocycles. The summed E-state index contributed by atoms with van der Waals surface area (Å²) in [5, 5.41) is 8.60. The Morgan fingerprint density at radius 3 is 2.45 bits per heavy atom. The number of hydrogen-bond acceptors (Lipinski definition) is 2. The minimum Gasteiger partial charge on any atom is -0.475 e. The number of carboxylic acids is 1. The van der Waals surface area contributed by atoms with Gasteiger partial charge in [-0.15, -0.1) is 0 Å². The molecule has 4 nitrogen and oxygen atoms in total. The molecule has 0 radical (unpaired) electrons. The molecular weight excluding hydrogens is 212 g/mol. The number of aromatic carboxylic acids is 1. The summed E-state index contributed by atoms with van der Waals surface area (Å²) in [6.07, 6.45) is 0. The molecule has 0 unspecified atom stereocenters. The molecule has 0 saturated heterocycles. The van der Waals surface area contributed by atoms with Crippen molar-refractivity contribution in [2.75, 3.05) is 0 Å². The molecule has 0 bridgehead atoms. The smallest absolute Gasteiger partial charge is 0.372 e. The monoisotopic (exact) mass is 218 g/mol. The Balaban J connectivity index is 3.29.